The van der Waals surface area contributed by atoms with Crippen molar-refractivity contribution in [3.05, 3.63) is 0 Å². The predicted octanol–water partition coefficient (Wildman–Crippen LogP) is 3.45. The van der Waals surface area contributed by atoms with Crippen LogP contribution in [0, 0.1) is 11.8 Å². The maximum Gasteiger partial charge on any atom is 0.00101 e. The maximum absolute atomic E-state index is 4.29. The Morgan fingerprint density at radius 3 is 2.87 bits per heavy atom. The SMILES string of the molecule is CCCC1CCN(CCC(C)CCS)C1. The van der Waals surface area contributed by atoms with E-state index in [0.29, 0.717) is 0 Å². The molecule has 2 atom stereocenters. The van der Waals surface area contributed by atoms with Gasteiger partial charge in [0.2, 0.25) is 0 Å². The molecule has 1 saturated heterocycles. The molecule has 1 aliphatic rings. The molecular formula is C13H27NS. The third-order valence-corrected chi connectivity index (χ3v) is 3.89. The predicted molar refractivity (Wildman–Crippen MR) is 71.7 cm³/mol. The summed E-state index contributed by atoms with van der Waals surface area (Å²) in [6.07, 6.45) is 6.86. The van der Waals surface area contributed by atoms with Crippen LogP contribution in [0.5, 0.6) is 0 Å². The van der Waals surface area contributed by atoms with Crippen molar-refractivity contribution in [2.45, 2.75) is 46.0 Å². The van der Waals surface area contributed by atoms with Gasteiger partial charge in [-0.25, -0.2) is 0 Å². The number of thiol groups is 1. The van der Waals surface area contributed by atoms with Crippen molar-refractivity contribution in [1.82, 2.24) is 4.90 Å². The van der Waals surface area contributed by atoms with Crippen LogP contribution in [-0.2, 0) is 0 Å². The highest BCUT2D eigenvalue weighted by molar-refractivity contribution is 7.80. The van der Waals surface area contributed by atoms with Crippen LogP contribution >= 0.6 is 12.6 Å². The van der Waals surface area contributed by atoms with Crippen molar-refractivity contribution in [2.24, 2.45) is 11.8 Å². The van der Waals surface area contributed by atoms with Gasteiger partial charge in [0, 0.05) is 6.54 Å². The summed E-state index contributed by atoms with van der Waals surface area (Å²) in [4.78, 5) is 2.66. The molecule has 2 unspecified atom stereocenters. The molecule has 0 aliphatic carbocycles. The normalized spacial score (nSPS) is 24.6. The van der Waals surface area contributed by atoms with Gasteiger partial charge < -0.3 is 4.90 Å². The second kappa shape index (κ2) is 7.56. The van der Waals surface area contributed by atoms with Crippen molar-refractivity contribution in [3.8, 4) is 0 Å². The van der Waals surface area contributed by atoms with Crippen LogP contribution in [0.4, 0.5) is 0 Å². The second-order valence-electron chi connectivity index (χ2n) is 5.15. The lowest BCUT2D eigenvalue weighted by Gasteiger charge is -2.18. The molecule has 0 saturated carbocycles. The highest BCUT2D eigenvalue weighted by Gasteiger charge is 2.21. The molecule has 15 heavy (non-hydrogen) atoms. The molecule has 0 amide bonds. The highest BCUT2D eigenvalue weighted by Crippen LogP contribution is 2.21. The van der Waals surface area contributed by atoms with E-state index in [1.54, 1.807) is 0 Å². The molecule has 0 radical (unpaired) electrons. The molecule has 1 rings (SSSR count). The van der Waals surface area contributed by atoms with E-state index in [4.69, 9.17) is 0 Å². The first-order valence-corrected chi connectivity index (χ1v) is 7.22. The quantitative estimate of drug-likeness (QED) is 0.654. The summed E-state index contributed by atoms with van der Waals surface area (Å²) in [5, 5.41) is 0. The molecule has 90 valence electrons. The zero-order valence-corrected chi connectivity index (χ0v) is 11.3. The average Bonchev–Trinajstić information content (AvgIpc) is 2.64. The number of hydrogen-bond acceptors (Lipinski definition) is 2. The fourth-order valence-corrected chi connectivity index (χ4v) is 2.97. The molecule has 0 aromatic heterocycles. The minimum Gasteiger partial charge on any atom is -0.303 e. The van der Waals surface area contributed by atoms with E-state index in [0.717, 1.165) is 17.6 Å². The summed E-state index contributed by atoms with van der Waals surface area (Å²) in [6, 6.07) is 0. The standard InChI is InChI=1S/C13H27NS/c1-3-4-13-6-9-14(11-13)8-5-12(2)7-10-15/h12-13,15H,3-11H2,1-2H3. The summed E-state index contributed by atoms with van der Waals surface area (Å²) >= 11 is 4.29. The first-order chi connectivity index (χ1) is 7.26. The molecule has 0 bridgehead atoms. The Kier molecular flexibility index (Phi) is 6.74. The molecule has 0 spiro atoms. The summed E-state index contributed by atoms with van der Waals surface area (Å²) in [5.41, 5.74) is 0. The molecule has 1 fully saturated rings. The van der Waals surface area contributed by atoms with Gasteiger partial charge in [-0.1, -0.05) is 20.3 Å². The summed E-state index contributed by atoms with van der Waals surface area (Å²) in [6.45, 7) is 8.68. The lowest BCUT2D eigenvalue weighted by Crippen LogP contribution is -2.23. The third-order valence-electron chi connectivity index (χ3n) is 3.63. The number of nitrogens with zero attached hydrogens (tertiary/aromatic N) is 1. The monoisotopic (exact) mass is 229 g/mol. The van der Waals surface area contributed by atoms with E-state index in [2.05, 4.69) is 31.4 Å². The van der Waals surface area contributed by atoms with Gasteiger partial charge in [0.1, 0.15) is 0 Å². The smallest absolute Gasteiger partial charge is 0.00101 e. The molecule has 1 nitrogen and oxygen atoms in total. The molecule has 0 aromatic carbocycles. The minimum atomic E-state index is 0.854. The number of likely N-dealkylation sites (tertiary alicyclic amines) is 1. The van der Waals surface area contributed by atoms with E-state index >= 15 is 0 Å². The van der Waals surface area contributed by atoms with Crippen molar-refractivity contribution in [3.63, 3.8) is 0 Å². The van der Waals surface area contributed by atoms with Gasteiger partial charge in [0.25, 0.3) is 0 Å². The van der Waals surface area contributed by atoms with E-state index in [1.165, 1.54) is 51.7 Å². The number of hydrogen-bond donors (Lipinski definition) is 1. The van der Waals surface area contributed by atoms with Crippen LogP contribution < -0.4 is 0 Å². The van der Waals surface area contributed by atoms with E-state index < -0.39 is 0 Å². The van der Waals surface area contributed by atoms with Crippen LogP contribution in [0.1, 0.15) is 46.0 Å². The van der Waals surface area contributed by atoms with Gasteiger partial charge in [-0.3, -0.25) is 0 Å². The zero-order valence-electron chi connectivity index (χ0n) is 10.4. The number of rotatable bonds is 7. The molecule has 0 aromatic rings. The van der Waals surface area contributed by atoms with Crippen LogP contribution in [0.15, 0.2) is 0 Å². The van der Waals surface area contributed by atoms with Gasteiger partial charge in [0.05, 0.1) is 0 Å². The summed E-state index contributed by atoms with van der Waals surface area (Å²) in [5.74, 6) is 2.89. The lowest BCUT2D eigenvalue weighted by molar-refractivity contribution is 0.293. The maximum atomic E-state index is 4.29. The van der Waals surface area contributed by atoms with Crippen LogP contribution in [-0.4, -0.2) is 30.3 Å². The van der Waals surface area contributed by atoms with Gasteiger partial charge >= 0.3 is 0 Å². The van der Waals surface area contributed by atoms with Crippen LogP contribution in [0.2, 0.25) is 0 Å². The van der Waals surface area contributed by atoms with Gasteiger partial charge in [-0.15, -0.1) is 0 Å². The second-order valence-corrected chi connectivity index (χ2v) is 5.60. The fraction of sp³-hybridized carbons (Fsp3) is 1.00. The van der Waals surface area contributed by atoms with Crippen molar-refractivity contribution in [1.29, 1.82) is 0 Å². The highest BCUT2D eigenvalue weighted by atomic mass is 32.1. The first-order valence-electron chi connectivity index (χ1n) is 6.59. The van der Waals surface area contributed by atoms with Crippen molar-refractivity contribution >= 4 is 12.6 Å². The fourth-order valence-electron chi connectivity index (χ4n) is 2.53. The molecular weight excluding hydrogens is 202 g/mol. The van der Waals surface area contributed by atoms with Crippen molar-refractivity contribution in [2.75, 3.05) is 25.4 Å². The average molecular weight is 229 g/mol. The van der Waals surface area contributed by atoms with E-state index in [9.17, 15) is 0 Å². The summed E-state index contributed by atoms with van der Waals surface area (Å²) in [7, 11) is 0. The Balaban J connectivity index is 2.08. The lowest BCUT2D eigenvalue weighted by atomic mass is 10.0. The van der Waals surface area contributed by atoms with Crippen molar-refractivity contribution < 1.29 is 0 Å². The Hall–Kier alpha value is 0.310. The Morgan fingerprint density at radius 2 is 2.20 bits per heavy atom. The Morgan fingerprint density at radius 1 is 1.40 bits per heavy atom. The molecule has 1 aliphatic heterocycles. The van der Waals surface area contributed by atoms with Gasteiger partial charge in [0.15, 0.2) is 0 Å². The van der Waals surface area contributed by atoms with E-state index in [1.807, 2.05) is 0 Å². The molecule has 2 heteroatoms. The third kappa shape index (κ3) is 5.26. The zero-order chi connectivity index (χ0) is 11.1. The molecule has 0 N–H and O–H groups in total. The molecule has 1 heterocycles. The first kappa shape index (κ1) is 13.4. The van der Waals surface area contributed by atoms with Gasteiger partial charge in [-0.05, 0) is 56.4 Å². The van der Waals surface area contributed by atoms with Gasteiger partial charge in [-0.2, -0.15) is 12.6 Å². The largest absolute Gasteiger partial charge is 0.303 e. The summed E-state index contributed by atoms with van der Waals surface area (Å²) < 4.78 is 0. The Labute approximate surface area is 101 Å². The van der Waals surface area contributed by atoms with Crippen LogP contribution in [0.3, 0.4) is 0 Å². The topological polar surface area (TPSA) is 3.24 Å². The minimum absolute atomic E-state index is 0.854. The van der Waals surface area contributed by atoms with E-state index in [-0.39, 0.29) is 0 Å². The van der Waals surface area contributed by atoms with Crippen LogP contribution in [0.25, 0.3) is 0 Å². The Bertz CT molecular complexity index is 161.